The van der Waals surface area contributed by atoms with Gasteiger partial charge in [0.1, 0.15) is 12.4 Å². The molecule has 0 saturated heterocycles. The first-order valence-corrected chi connectivity index (χ1v) is 7.69. The molecule has 2 heteroatoms. The molecule has 1 fully saturated rings. The van der Waals surface area contributed by atoms with Crippen molar-refractivity contribution >= 4 is 5.78 Å². The maximum absolute atomic E-state index is 12.7. The molecule has 0 bridgehead atoms. The molecule has 0 amide bonds. The van der Waals surface area contributed by atoms with Crippen LogP contribution < -0.4 is 4.74 Å². The Hall–Kier alpha value is -2.09. The van der Waals surface area contributed by atoms with Crippen LogP contribution in [0, 0.1) is 0 Å². The number of ketones is 1. The summed E-state index contributed by atoms with van der Waals surface area (Å²) in [6.45, 7) is 0.461. The quantitative estimate of drug-likeness (QED) is 0.782. The molecule has 2 aromatic carbocycles. The molecule has 1 aliphatic heterocycles. The lowest BCUT2D eigenvalue weighted by molar-refractivity contribution is 0.0947. The van der Waals surface area contributed by atoms with Crippen molar-refractivity contribution in [2.75, 3.05) is 6.61 Å². The first kappa shape index (κ1) is 12.6. The van der Waals surface area contributed by atoms with Crippen LogP contribution in [0.15, 0.2) is 48.5 Å². The summed E-state index contributed by atoms with van der Waals surface area (Å²) in [4.78, 5) is 12.7. The van der Waals surface area contributed by atoms with Gasteiger partial charge in [-0.15, -0.1) is 0 Å². The van der Waals surface area contributed by atoms with Crippen LogP contribution in [0.25, 0.3) is 0 Å². The van der Waals surface area contributed by atoms with Gasteiger partial charge in [0.25, 0.3) is 0 Å². The largest absolute Gasteiger partial charge is 0.492 e. The first-order chi connectivity index (χ1) is 10.3. The van der Waals surface area contributed by atoms with Crippen molar-refractivity contribution < 1.29 is 9.53 Å². The standard InChI is InChI=1S/C19H18O2/c20-19(17-12-21-18-7-2-1-6-16(17)18)15-10-8-14(9-11-15)13-4-3-5-13/h1-2,6-11,13,17H,3-5,12H2. The minimum Gasteiger partial charge on any atom is -0.492 e. The highest BCUT2D eigenvalue weighted by molar-refractivity contribution is 6.01. The lowest BCUT2D eigenvalue weighted by Crippen LogP contribution is -2.15. The van der Waals surface area contributed by atoms with Crippen molar-refractivity contribution in [3.05, 3.63) is 65.2 Å². The molecule has 1 aliphatic carbocycles. The van der Waals surface area contributed by atoms with Gasteiger partial charge in [-0.2, -0.15) is 0 Å². The molecule has 0 radical (unpaired) electrons. The van der Waals surface area contributed by atoms with Gasteiger partial charge in [-0.1, -0.05) is 48.9 Å². The van der Waals surface area contributed by atoms with E-state index in [0.717, 1.165) is 16.9 Å². The Bertz CT molecular complexity index is 668. The minimum absolute atomic E-state index is 0.157. The molecule has 0 spiro atoms. The summed E-state index contributed by atoms with van der Waals surface area (Å²) in [5, 5.41) is 0. The first-order valence-electron chi connectivity index (χ1n) is 7.69. The third kappa shape index (κ3) is 2.15. The van der Waals surface area contributed by atoms with Crippen LogP contribution in [0.3, 0.4) is 0 Å². The zero-order valence-corrected chi connectivity index (χ0v) is 11.9. The van der Waals surface area contributed by atoms with E-state index >= 15 is 0 Å². The van der Waals surface area contributed by atoms with Gasteiger partial charge in [0.05, 0.1) is 5.92 Å². The molecule has 21 heavy (non-hydrogen) atoms. The van der Waals surface area contributed by atoms with Gasteiger partial charge in [-0.25, -0.2) is 0 Å². The Morgan fingerprint density at radius 1 is 1.00 bits per heavy atom. The second kappa shape index (κ2) is 5.03. The highest BCUT2D eigenvalue weighted by atomic mass is 16.5. The maximum Gasteiger partial charge on any atom is 0.173 e. The normalized spacial score (nSPS) is 20.5. The van der Waals surface area contributed by atoms with Crippen molar-refractivity contribution in [1.29, 1.82) is 0 Å². The number of ether oxygens (including phenoxy) is 1. The molecular formula is C19H18O2. The predicted molar refractivity (Wildman–Crippen MR) is 82.0 cm³/mol. The van der Waals surface area contributed by atoms with E-state index in [4.69, 9.17) is 4.74 Å². The number of para-hydroxylation sites is 1. The van der Waals surface area contributed by atoms with Crippen molar-refractivity contribution in [2.45, 2.75) is 31.1 Å². The molecule has 106 valence electrons. The molecule has 0 aromatic heterocycles. The zero-order chi connectivity index (χ0) is 14.2. The summed E-state index contributed by atoms with van der Waals surface area (Å²) in [5.74, 6) is 1.57. The third-order valence-corrected chi connectivity index (χ3v) is 4.79. The van der Waals surface area contributed by atoms with Crippen molar-refractivity contribution in [3.8, 4) is 5.75 Å². The second-order valence-corrected chi connectivity index (χ2v) is 6.02. The van der Waals surface area contributed by atoms with Gasteiger partial charge in [-0.3, -0.25) is 4.79 Å². The van der Waals surface area contributed by atoms with Crippen LogP contribution in [0.1, 0.15) is 52.6 Å². The summed E-state index contributed by atoms with van der Waals surface area (Å²) in [6.07, 6.45) is 3.91. The third-order valence-electron chi connectivity index (χ3n) is 4.79. The van der Waals surface area contributed by atoms with Crippen LogP contribution in [-0.4, -0.2) is 12.4 Å². The van der Waals surface area contributed by atoms with Crippen LogP contribution in [-0.2, 0) is 0 Å². The van der Waals surface area contributed by atoms with Crippen molar-refractivity contribution in [3.63, 3.8) is 0 Å². The van der Waals surface area contributed by atoms with E-state index in [1.165, 1.54) is 24.8 Å². The van der Waals surface area contributed by atoms with Crippen LogP contribution in [0.2, 0.25) is 0 Å². The maximum atomic E-state index is 12.7. The van der Waals surface area contributed by atoms with Gasteiger partial charge < -0.3 is 4.74 Å². The van der Waals surface area contributed by atoms with E-state index in [-0.39, 0.29) is 11.7 Å². The Morgan fingerprint density at radius 3 is 2.48 bits per heavy atom. The molecule has 4 rings (SSSR count). The molecular weight excluding hydrogens is 260 g/mol. The average Bonchev–Trinajstić information content (AvgIpc) is 2.89. The van der Waals surface area contributed by atoms with Gasteiger partial charge in [0.2, 0.25) is 0 Å². The predicted octanol–water partition coefficient (Wildman–Crippen LogP) is 4.31. The van der Waals surface area contributed by atoms with E-state index in [1.54, 1.807) is 0 Å². The van der Waals surface area contributed by atoms with E-state index < -0.39 is 0 Å². The monoisotopic (exact) mass is 278 g/mol. The number of fused-ring (bicyclic) bond motifs is 1. The Balaban J connectivity index is 1.58. The fraction of sp³-hybridized carbons (Fsp3) is 0.316. The van der Waals surface area contributed by atoms with Gasteiger partial charge in [0, 0.05) is 11.1 Å². The Labute approximate surface area is 124 Å². The van der Waals surface area contributed by atoms with Gasteiger partial charge in [-0.05, 0) is 30.4 Å². The summed E-state index contributed by atoms with van der Waals surface area (Å²) in [5.41, 5.74) is 3.19. The fourth-order valence-electron chi connectivity index (χ4n) is 3.24. The summed E-state index contributed by atoms with van der Waals surface area (Å²) >= 11 is 0. The smallest absolute Gasteiger partial charge is 0.173 e. The summed E-state index contributed by atoms with van der Waals surface area (Å²) < 4.78 is 5.62. The van der Waals surface area contributed by atoms with Crippen LogP contribution >= 0.6 is 0 Å². The van der Waals surface area contributed by atoms with Crippen LogP contribution in [0.4, 0.5) is 0 Å². The molecule has 2 aliphatic rings. The average molecular weight is 278 g/mol. The minimum atomic E-state index is -0.157. The number of hydrogen-bond donors (Lipinski definition) is 0. The van der Waals surface area contributed by atoms with E-state index in [2.05, 4.69) is 12.1 Å². The number of carbonyl (C=O) groups is 1. The topological polar surface area (TPSA) is 26.3 Å². The highest BCUT2D eigenvalue weighted by Crippen LogP contribution is 2.38. The lowest BCUT2D eigenvalue weighted by atomic mass is 9.79. The second-order valence-electron chi connectivity index (χ2n) is 6.02. The SMILES string of the molecule is O=C(c1ccc(C2CCC2)cc1)C1COc2ccccc21. The lowest BCUT2D eigenvalue weighted by Gasteiger charge is -2.25. The fourth-order valence-corrected chi connectivity index (χ4v) is 3.24. The zero-order valence-electron chi connectivity index (χ0n) is 11.9. The van der Waals surface area contributed by atoms with E-state index in [1.807, 2.05) is 36.4 Å². The molecule has 2 nitrogen and oxygen atoms in total. The number of rotatable bonds is 3. The summed E-state index contributed by atoms with van der Waals surface area (Å²) in [7, 11) is 0. The van der Waals surface area contributed by atoms with E-state index in [0.29, 0.717) is 12.5 Å². The number of hydrogen-bond acceptors (Lipinski definition) is 2. The summed E-state index contributed by atoms with van der Waals surface area (Å²) in [6, 6.07) is 16.0. The molecule has 2 aromatic rings. The van der Waals surface area contributed by atoms with Gasteiger partial charge in [0.15, 0.2) is 5.78 Å². The molecule has 1 saturated carbocycles. The highest BCUT2D eigenvalue weighted by Gasteiger charge is 2.30. The number of Topliss-reactive ketones (excluding diaryl/α,β-unsaturated/α-hetero) is 1. The van der Waals surface area contributed by atoms with Crippen molar-refractivity contribution in [1.82, 2.24) is 0 Å². The molecule has 1 heterocycles. The molecule has 1 unspecified atom stereocenters. The van der Waals surface area contributed by atoms with Crippen molar-refractivity contribution in [2.24, 2.45) is 0 Å². The number of benzene rings is 2. The molecule has 0 N–H and O–H groups in total. The Morgan fingerprint density at radius 2 is 1.76 bits per heavy atom. The van der Waals surface area contributed by atoms with E-state index in [9.17, 15) is 4.79 Å². The molecule has 1 atom stereocenters. The Kier molecular flexibility index (Phi) is 3.03. The number of carbonyl (C=O) groups excluding carboxylic acids is 1. The van der Waals surface area contributed by atoms with Gasteiger partial charge >= 0.3 is 0 Å². The van der Waals surface area contributed by atoms with Crippen LogP contribution in [0.5, 0.6) is 5.75 Å².